The van der Waals surface area contributed by atoms with Crippen molar-refractivity contribution in [2.45, 2.75) is 32.9 Å². The third-order valence-electron chi connectivity index (χ3n) is 5.96. The maximum absolute atomic E-state index is 14.2. The summed E-state index contributed by atoms with van der Waals surface area (Å²) in [5, 5.41) is 3.21. The third-order valence-corrected chi connectivity index (χ3v) is 6.25. The predicted molar refractivity (Wildman–Crippen MR) is 130 cm³/mol. The van der Waals surface area contributed by atoms with Gasteiger partial charge in [-0.2, -0.15) is 0 Å². The molecule has 1 amide bonds. The molecule has 1 N–H and O–H groups in total. The van der Waals surface area contributed by atoms with E-state index in [9.17, 15) is 13.6 Å². The van der Waals surface area contributed by atoms with Crippen molar-refractivity contribution in [2.75, 3.05) is 24.4 Å². The number of nitrogens with one attached hydrogen (secondary N) is 1. The number of hydrogen-bond acceptors (Lipinski definition) is 4. The average molecular weight is 487 g/mol. The van der Waals surface area contributed by atoms with Gasteiger partial charge in [0.1, 0.15) is 35.3 Å². The molecule has 34 heavy (non-hydrogen) atoms. The van der Waals surface area contributed by atoms with Gasteiger partial charge in [-0.05, 0) is 50.1 Å². The molecule has 3 aromatic carbocycles. The molecule has 1 heterocycles. The molecular formula is C26H25ClF2N2O3. The van der Waals surface area contributed by atoms with Gasteiger partial charge in [0.2, 0.25) is 0 Å². The Bertz CT molecular complexity index is 1290. The first-order valence-electron chi connectivity index (χ1n) is 10.7. The van der Waals surface area contributed by atoms with Crippen LogP contribution in [0.15, 0.2) is 42.5 Å². The quantitative estimate of drug-likeness (QED) is 0.456. The summed E-state index contributed by atoms with van der Waals surface area (Å²) >= 11 is 6.11. The summed E-state index contributed by atoms with van der Waals surface area (Å²) in [5.41, 5.74) is 3.12. The summed E-state index contributed by atoms with van der Waals surface area (Å²) in [4.78, 5) is 14.7. The van der Waals surface area contributed by atoms with E-state index in [1.807, 2.05) is 19.1 Å². The lowest BCUT2D eigenvalue weighted by molar-refractivity contribution is -0.121. The van der Waals surface area contributed by atoms with Crippen LogP contribution in [-0.2, 0) is 11.4 Å². The third kappa shape index (κ3) is 4.16. The van der Waals surface area contributed by atoms with Crippen molar-refractivity contribution in [1.82, 2.24) is 0 Å². The van der Waals surface area contributed by atoms with Crippen LogP contribution in [0.1, 0.15) is 25.0 Å². The minimum Gasteiger partial charge on any atom is -0.496 e. The van der Waals surface area contributed by atoms with E-state index in [0.717, 1.165) is 11.3 Å². The topological polar surface area (TPSA) is 50.8 Å². The zero-order valence-electron chi connectivity index (χ0n) is 19.6. The second kappa shape index (κ2) is 8.80. The Kier molecular flexibility index (Phi) is 6.16. The number of nitrogens with zero attached hydrogens (tertiary/aromatic N) is 1. The number of likely N-dealkylation sites (N-methyl/N-ethyl adjacent to an activating group) is 1. The molecule has 0 bridgehead atoms. The molecule has 4 rings (SSSR count). The van der Waals surface area contributed by atoms with E-state index in [4.69, 9.17) is 21.1 Å². The zero-order chi connectivity index (χ0) is 24.8. The van der Waals surface area contributed by atoms with Gasteiger partial charge in [-0.25, -0.2) is 8.78 Å². The summed E-state index contributed by atoms with van der Waals surface area (Å²) in [6.45, 7) is 5.44. The lowest BCUT2D eigenvalue weighted by Crippen LogP contribution is -2.52. The Labute approximate surface area is 202 Å². The van der Waals surface area contributed by atoms with Crippen LogP contribution in [0.5, 0.6) is 11.5 Å². The van der Waals surface area contributed by atoms with E-state index in [1.165, 1.54) is 31.4 Å². The van der Waals surface area contributed by atoms with Crippen LogP contribution in [0.2, 0.25) is 5.02 Å². The molecule has 0 atom stereocenters. The lowest BCUT2D eigenvalue weighted by Gasteiger charge is -2.39. The predicted octanol–water partition coefficient (Wildman–Crippen LogP) is 6.35. The molecule has 0 saturated carbocycles. The smallest absolute Gasteiger partial charge is 0.251 e. The van der Waals surface area contributed by atoms with Crippen LogP contribution in [0.3, 0.4) is 0 Å². The second-order valence-corrected chi connectivity index (χ2v) is 9.17. The van der Waals surface area contributed by atoms with E-state index in [1.54, 1.807) is 31.9 Å². The second-order valence-electron chi connectivity index (χ2n) is 8.77. The first kappa shape index (κ1) is 23.8. The van der Waals surface area contributed by atoms with Crippen molar-refractivity contribution < 1.29 is 23.0 Å². The fourth-order valence-corrected chi connectivity index (χ4v) is 4.38. The summed E-state index contributed by atoms with van der Waals surface area (Å²) in [5.74, 6) is -0.499. The average Bonchev–Trinajstić information content (AvgIpc) is 2.79. The Morgan fingerprint density at radius 3 is 2.50 bits per heavy atom. The van der Waals surface area contributed by atoms with E-state index in [-0.39, 0.29) is 23.3 Å². The van der Waals surface area contributed by atoms with Gasteiger partial charge in [0.25, 0.3) is 5.91 Å². The number of fused-ring (bicyclic) bond motifs is 1. The van der Waals surface area contributed by atoms with E-state index >= 15 is 0 Å². The normalized spacial score (nSPS) is 14.5. The largest absolute Gasteiger partial charge is 0.496 e. The molecule has 0 saturated heterocycles. The summed E-state index contributed by atoms with van der Waals surface area (Å²) < 4.78 is 39.5. The first-order valence-corrected chi connectivity index (χ1v) is 11.1. The highest BCUT2D eigenvalue weighted by molar-refractivity contribution is 6.31. The van der Waals surface area contributed by atoms with Crippen LogP contribution in [0.25, 0.3) is 11.1 Å². The molecule has 0 spiro atoms. The SMILES string of the molecule is COc1cc(F)c(Cl)cc1-c1ccc2c(c1COc1cc(F)ccc1C)N(C)C(=O)C(C)(C)N2. The van der Waals surface area contributed by atoms with Crippen molar-refractivity contribution in [3.63, 3.8) is 0 Å². The minimum atomic E-state index is -0.808. The van der Waals surface area contributed by atoms with Gasteiger partial charge in [0.05, 0.1) is 23.5 Å². The molecule has 0 fully saturated rings. The number of carbonyl (C=O) groups is 1. The number of amides is 1. The van der Waals surface area contributed by atoms with Crippen LogP contribution >= 0.6 is 11.6 Å². The van der Waals surface area contributed by atoms with E-state index in [0.29, 0.717) is 28.1 Å². The molecule has 178 valence electrons. The number of halogens is 3. The monoisotopic (exact) mass is 486 g/mol. The molecule has 0 aliphatic carbocycles. The number of rotatable bonds is 5. The van der Waals surface area contributed by atoms with Crippen molar-refractivity contribution in [1.29, 1.82) is 0 Å². The molecule has 3 aromatic rings. The van der Waals surface area contributed by atoms with Gasteiger partial charge in [0.15, 0.2) is 0 Å². The number of ether oxygens (including phenoxy) is 2. The number of aryl methyl sites for hydroxylation is 1. The lowest BCUT2D eigenvalue weighted by atomic mass is 9.91. The highest BCUT2D eigenvalue weighted by Gasteiger charge is 2.38. The Hall–Kier alpha value is -3.32. The first-order chi connectivity index (χ1) is 16.0. The zero-order valence-corrected chi connectivity index (χ0v) is 20.3. The number of benzene rings is 3. The van der Waals surface area contributed by atoms with Crippen molar-refractivity contribution in [3.05, 3.63) is 70.2 Å². The van der Waals surface area contributed by atoms with E-state index < -0.39 is 17.2 Å². The summed E-state index contributed by atoms with van der Waals surface area (Å²) in [6.07, 6.45) is 0. The van der Waals surface area contributed by atoms with Gasteiger partial charge in [-0.3, -0.25) is 4.79 Å². The molecule has 8 heteroatoms. The van der Waals surface area contributed by atoms with Gasteiger partial charge in [0, 0.05) is 30.3 Å². The molecule has 0 aromatic heterocycles. The van der Waals surface area contributed by atoms with Crippen LogP contribution in [-0.4, -0.2) is 25.6 Å². The van der Waals surface area contributed by atoms with Gasteiger partial charge in [-0.1, -0.05) is 23.7 Å². The Morgan fingerprint density at radius 2 is 1.79 bits per heavy atom. The van der Waals surface area contributed by atoms with Crippen LogP contribution < -0.4 is 19.7 Å². The molecule has 1 aliphatic heterocycles. The van der Waals surface area contributed by atoms with Crippen molar-refractivity contribution >= 4 is 28.9 Å². The summed E-state index contributed by atoms with van der Waals surface area (Å²) in [6, 6.07) is 10.7. The highest BCUT2D eigenvalue weighted by Crippen LogP contribution is 2.45. The summed E-state index contributed by atoms with van der Waals surface area (Å²) in [7, 11) is 3.13. The standard InChI is InChI=1S/C26H25ClF2N2O3/c1-14-6-7-15(28)10-22(14)34-13-18-16(17-11-19(27)20(29)12-23(17)33-5)8-9-21-24(18)31(4)25(32)26(2,3)30-21/h6-12,30H,13H2,1-5H3. The molecule has 0 radical (unpaired) electrons. The fraction of sp³-hybridized carbons (Fsp3) is 0.269. The van der Waals surface area contributed by atoms with Crippen molar-refractivity contribution in [3.8, 4) is 22.6 Å². The van der Waals surface area contributed by atoms with Crippen LogP contribution in [0.4, 0.5) is 20.2 Å². The molecule has 0 unspecified atom stereocenters. The molecule has 5 nitrogen and oxygen atoms in total. The van der Waals surface area contributed by atoms with Gasteiger partial charge >= 0.3 is 0 Å². The minimum absolute atomic E-state index is 0.0146. The number of hydrogen-bond donors (Lipinski definition) is 1. The van der Waals surface area contributed by atoms with Crippen LogP contribution in [0, 0.1) is 18.6 Å². The Morgan fingerprint density at radius 1 is 1.06 bits per heavy atom. The maximum atomic E-state index is 14.2. The van der Waals surface area contributed by atoms with E-state index in [2.05, 4.69) is 5.32 Å². The number of anilines is 2. The molecule has 1 aliphatic rings. The number of methoxy groups -OCH3 is 1. The number of carbonyl (C=O) groups excluding carboxylic acids is 1. The molecular weight excluding hydrogens is 462 g/mol. The highest BCUT2D eigenvalue weighted by atomic mass is 35.5. The maximum Gasteiger partial charge on any atom is 0.251 e. The van der Waals surface area contributed by atoms with Crippen molar-refractivity contribution in [2.24, 2.45) is 0 Å². The van der Waals surface area contributed by atoms with Gasteiger partial charge < -0.3 is 19.7 Å². The fourth-order valence-electron chi connectivity index (χ4n) is 4.22. The Balaban J connectivity index is 1.92. The van der Waals surface area contributed by atoms with Gasteiger partial charge in [-0.15, -0.1) is 0 Å².